The van der Waals surface area contributed by atoms with Gasteiger partial charge in [0.05, 0.1) is 18.3 Å². The first-order valence-corrected chi connectivity index (χ1v) is 7.17. The Labute approximate surface area is 128 Å². The van der Waals surface area contributed by atoms with Crippen molar-refractivity contribution in [1.82, 2.24) is 14.8 Å². The van der Waals surface area contributed by atoms with Crippen molar-refractivity contribution >= 4 is 22.5 Å². The lowest BCUT2D eigenvalue weighted by Crippen LogP contribution is -2.00. The maximum Gasteiger partial charge on any atom is 0.154 e. The molecule has 21 heavy (non-hydrogen) atoms. The van der Waals surface area contributed by atoms with Crippen LogP contribution in [0.2, 0.25) is 5.02 Å². The van der Waals surface area contributed by atoms with E-state index in [9.17, 15) is 0 Å². The van der Waals surface area contributed by atoms with Crippen LogP contribution in [0.1, 0.15) is 25.5 Å². The van der Waals surface area contributed by atoms with Gasteiger partial charge in [-0.15, -0.1) is 0 Å². The average Bonchev–Trinajstić information content (AvgIpc) is 2.97. The molecule has 0 aliphatic rings. The van der Waals surface area contributed by atoms with Crippen LogP contribution in [0.4, 0.5) is 0 Å². The predicted molar refractivity (Wildman–Crippen MR) is 84.5 cm³/mol. The highest BCUT2D eigenvalue weighted by atomic mass is 35.5. The molecule has 0 unspecified atom stereocenters. The maximum atomic E-state index is 6.34. The number of methoxy groups -OCH3 is 1. The number of pyridine rings is 1. The summed E-state index contributed by atoms with van der Waals surface area (Å²) in [6.45, 7) is 4.23. The topological polar surface area (TPSA) is 39.9 Å². The zero-order chi connectivity index (χ0) is 15.0. The van der Waals surface area contributed by atoms with Crippen LogP contribution in [0.25, 0.3) is 16.7 Å². The molecular formula is C16H16ClN3O. The van der Waals surface area contributed by atoms with Gasteiger partial charge in [-0.2, -0.15) is 5.10 Å². The van der Waals surface area contributed by atoms with E-state index in [1.54, 1.807) is 11.8 Å². The molecule has 0 saturated heterocycles. The van der Waals surface area contributed by atoms with E-state index < -0.39 is 0 Å². The third-order valence-corrected chi connectivity index (χ3v) is 3.77. The van der Waals surface area contributed by atoms with Gasteiger partial charge >= 0.3 is 0 Å². The number of nitrogens with zero attached hydrogens (tertiary/aromatic N) is 3. The molecular weight excluding hydrogens is 286 g/mol. The number of fused-ring (bicyclic) bond motifs is 1. The standard InChI is InChI=1S/C16H16ClN3O/c1-10(2)12-8-9-20(19-12)14-7-5-11-4-6-13(21-3)15(17)16(11)18-14/h4-10H,1-3H3. The quantitative estimate of drug-likeness (QED) is 0.727. The van der Waals surface area contributed by atoms with Gasteiger partial charge in [0.15, 0.2) is 5.82 Å². The maximum absolute atomic E-state index is 6.34. The van der Waals surface area contributed by atoms with Crippen molar-refractivity contribution in [3.8, 4) is 11.6 Å². The van der Waals surface area contributed by atoms with E-state index in [0.717, 1.165) is 22.4 Å². The second-order valence-corrected chi connectivity index (χ2v) is 5.54. The fraction of sp³-hybridized carbons (Fsp3) is 0.250. The van der Waals surface area contributed by atoms with Crippen LogP contribution in [0.3, 0.4) is 0 Å². The van der Waals surface area contributed by atoms with Gasteiger partial charge in [0, 0.05) is 11.6 Å². The highest BCUT2D eigenvalue weighted by Gasteiger charge is 2.10. The van der Waals surface area contributed by atoms with Crippen molar-refractivity contribution in [2.45, 2.75) is 19.8 Å². The minimum absolute atomic E-state index is 0.385. The fourth-order valence-electron chi connectivity index (χ4n) is 2.18. The number of hydrogen-bond donors (Lipinski definition) is 0. The molecule has 2 aromatic heterocycles. The smallest absolute Gasteiger partial charge is 0.154 e. The van der Waals surface area contributed by atoms with Gasteiger partial charge in [-0.05, 0) is 36.2 Å². The number of benzene rings is 1. The lowest BCUT2D eigenvalue weighted by Gasteiger charge is -2.08. The Morgan fingerprint density at radius 2 is 1.90 bits per heavy atom. The van der Waals surface area contributed by atoms with Gasteiger partial charge in [0.2, 0.25) is 0 Å². The second-order valence-electron chi connectivity index (χ2n) is 5.16. The predicted octanol–water partition coefficient (Wildman–Crippen LogP) is 4.21. The largest absolute Gasteiger partial charge is 0.495 e. The molecule has 5 heteroatoms. The molecule has 3 rings (SSSR count). The summed E-state index contributed by atoms with van der Waals surface area (Å²) in [4.78, 5) is 4.61. The first kappa shape index (κ1) is 13.9. The molecule has 4 nitrogen and oxygen atoms in total. The van der Waals surface area contributed by atoms with Crippen LogP contribution in [0.15, 0.2) is 36.5 Å². The molecule has 0 bridgehead atoms. The zero-order valence-corrected chi connectivity index (χ0v) is 12.9. The monoisotopic (exact) mass is 301 g/mol. The molecule has 0 radical (unpaired) electrons. The molecule has 0 amide bonds. The lowest BCUT2D eigenvalue weighted by molar-refractivity contribution is 0.415. The van der Waals surface area contributed by atoms with Gasteiger partial charge in [-0.1, -0.05) is 25.4 Å². The molecule has 0 saturated carbocycles. The molecule has 0 fully saturated rings. The molecule has 2 heterocycles. The minimum Gasteiger partial charge on any atom is -0.495 e. The van der Waals surface area contributed by atoms with Crippen molar-refractivity contribution in [2.24, 2.45) is 0 Å². The molecule has 108 valence electrons. The summed E-state index contributed by atoms with van der Waals surface area (Å²) in [5.74, 6) is 1.75. The lowest BCUT2D eigenvalue weighted by atomic mass is 10.1. The summed E-state index contributed by atoms with van der Waals surface area (Å²) in [6, 6.07) is 9.71. The Bertz CT molecular complexity index is 795. The van der Waals surface area contributed by atoms with E-state index in [1.807, 2.05) is 36.5 Å². The Morgan fingerprint density at radius 3 is 2.57 bits per heavy atom. The molecule has 1 aromatic carbocycles. The number of ether oxygens (including phenoxy) is 1. The van der Waals surface area contributed by atoms with Crippen molar-refractivity contribution in [3.05, 3.63) is 47.2 Å². The van der Waals surface area contributed by atoms with E-state index in [-0.39, 0.29) is 0 Å². The van der Waals surface area contributed by atoms with E-state index in [2.05, 4.69) is 23.9 Å². The van der Waals surface area contributed by atoms with E-state index in [4.69, 9.17) is 16.3 Å². The van der Waals surface area contributed by atoms with Gasteiger partial charge in [-0.25, -0.2) is 9.67 Å². The van der Waals surface area contributed by atoms with Crippen molar-refractivity contribution in [1.29, 1.82) is 0 Å². The minimum atomic E-state index is 0.385. The van der Waals surface area contributed by atoms with Crippen molar-refractivity contribution < 1.29 is 4.74 Å². The van der Waals surface area contributed by atoms with Crippen LogP contribution in [0.5, 0.6) is 5.75 Å². The molecule has 0 aliphatic heterocycles. The summed E-state index contributed by atoms with van der Waals surface area (Å²) in [6.07, 6.45) is 1.91. The first-order valence-electron chi connectivity index (χ1n) is 6.79. The Morgan fingerprint density at radius 1 is 1.14 bits per heavy atom. The van der Waals surface area contributed by atoms with Gasteiger partial charge in [0.1, 0.15) is 10.8 Å². The Balaban J connectivity index is 2.13. The van der Waals surface area contributed by atoms with Crippen molar-refractivity contribution in [3.63, 3.8) is 0 Å². The summed E-state index contributed by atoms with van der Waals surface area (Å²) in [7, 11) is 1.60. The second kappa shape index (κ2) is 5.37. The van der Waals surface area contributed by atoms with E-state index >= 15 is 0 Å². The third-order valence-electron chi connectivity index (χ3n) is 3.41. The molecule has 3 aromatic rings. The molecule has 0 aliphatic carbocycles. The van der Waals surface area contributed by atoms with E-state index in [1.165, 1.54) is 0 Å². The normalized spacial score (nSPS) is 11.3. The fourth-order valence-corrected chi connectivity index (χ4v) is 2.48. The Hall–Kier alpha value is -2.07. The summed E-state index contributed by atoms with van der Waals surface area (Å²) < 4.78 is 7.01. The van der Waals surface area contributed by atoms with Crippen LogP contribution in [-0.4, -0.2) is 21.9 Å². The summed E-state index contributed by atoms with van der Waals surface area (Å²) in [5.41, 5.74) is 1.75. The van der Waals surface area contributed by atoms with Crippen LogP contribution in [-0.2, 0) is 0 Å². The molecule has 0 spiro atoms. The number of rotatable bonds is 3. The number of halogens is 1. The van der Waals surface area contributed by atoms with Crippen LogP contribution < -0.4 is 4.74 Å². The highest BCUT2D eigenvalue weighted by molar-refractivity contribution is 6.36. The first-order chi connectivity index (χ1) is 10.1. The average molecular weight is 302 g/mol. The Kier molecular flexibility index (Phi) is 3.55. The summed E-state index contributed by atoms with van der Waals surface area (Å²) in [5, 5.41) is 6.03. The van der Waals surface area contributed by atoms with Gasteiger partial charge in [-0.3, -0.25) is 0 Å². The van der Waals surface area contributed by atoms with Crippen LogP contribution in [0, 0.1) is 0 Å². The van der Waals surface area contributed by atoms with Gasteiger partial charge < -0.3 is 4.74 Å². The number of hydrogen-bond acceptors (Lipinski definition) is 3. The van der Waals surface area contributed by atoms with Gasteiger partial charge in [0.25, 0.3) is 0 Å². The third kappa shape index (κ3) is 2.47. The zero-order valence-electron chi connectivity index (χ0n) is 12.2. The van der Waals surface area contributed by atoms with Crippen LogP contribution >= 0.6 is 11.6 Å². The number of aromatic nitrogens is 3. The molecule has 0 atom stereocenters. The SMILES string of the molecule is COc1ccc2ccc(-n3ccc(C(C)C)n3)nc2c1Cl. The highest BCUT2D eigenvalue weighted by Crippen LogP contribution is 2.31. The molecule has 0 N–H and O–H groups in total. The van der Waals surface area contributed by atoms with E-state index in [0.29, 0.717) is 16.7 Å². The van der Waals surface area contributed by atoms with Crippen molar-refractivity contribution in [2.75, 3.05) is 7.11 Å². The summed E-state index contributed by atoms with van der Waals surface area (Å²) >= 11 is 6.34.